The summed E-state index contributed by atoms with van der Waals surface area (Å²) in [6.45, 7) is 19.1. The van der Waals surface area contributed by atoms with Crippen molar-refractivity contribution >= 4 is 195 Å². The van der Waals surface area contributed by atoms with E-state index < -0.39 is 6.09 Å². The van der Waals surface area contributed by atoms with Crippen molar-refractivity contribution in [2.24, 2.45) is 10.7 Å². The number of para-hydroxylation sites is 2. The maximum atomic E-state index is 12.4. The first-order chi connectivity index (χ1) is 54.6. The molecule has 10 N–H and O–H groups in total. The number of aldehydes is 1. The summed E-state index contributed by atoms with van der Waals surface area (Å²) in [7, 11) is 5.87. The zero-order chi connectivity index (χ0) is 78.0. The molecular formula is C82H74N18O7S5. The number of hydrogen-bond acceptors (Lipinski definition) is 26. The van der Waals surface area contributed by atoms with Crippen molar-refractivity contribution in [2.75, 3.05) is 86.8 Å². The number of aromatic amines is 1. The number of nitrogens with one attached hydrogen (secondary N) is 2. The Morgan fingerprint density at radius 1 is 0.571 bits per heavy atom. The summed E-state index contributed by atoms with van der Waals surface area (Å²) in [5, 5.41) is 25.6. The van der Waals surface area contributed by atoms with Gasteiger partial charge in [0.1, 0.15) is 41.0 Å². The van der Waals surface area contributed by atoms with Gasteiger partial charge in [0.15, 0.2) is 11.9 Å². The lowest BCUT2D eigenvalue weighted by Gasteiger charge is -2.19. The number of fused-ring (bicyclic) bond motifs is 7. The van der Waals surface area contributed by atoms with Crippen LogP contribution in [-0.2, 0) is 37.5 Å². The summed E-state index contributed by atoms with van der Waals surface area (Å²) in [6.07, 6.45) is 8.14. The molecule has 1 amide bonds. The minimum Gasteiger partial charge on any atom is -0.471 e. The number of aliphatic imine (C=N–C) groups is 1. The van der Waals surface area contributed by atoms with Gasteiger partial charge in [0.05, 0.1) is 70.2 Å². The Balaban J connectivity index is 0.000000145. The molecule has 16 rings (SSSR count). The van der Waals surface area contributed by atoms with Crippen molar-refractivity contribution in [3.63, 3.8) is 0 Å². The maximum absolute atomic E-state index is 12.4. The summed E-state index contributed by atoms with van der Waals surface area (Å²) < 4.78 is 22.5. The molecular weight excluding hydrogens is 1510 g/mol. The fraction of sp³-hybridized carbons (Fsp3) is 0.171. The fourth-order valence-corrected chi connectivity index (χ4v) is 16.4. The molecule has 564 valence electrons. The van der Waals surface area contributed by atoms with Crippen LogP contribution in [0.1, 0.15) is 57.4 Å². The topological polar surface area (TPSA) is 329 Å². The number of thiophene rings is 3. The Morgan fingerprint density at radius 3 is 1.57 bits per heavy atom. The number of nitrogen functional groups attached to an aromatic ring is 2. The first-order valence-corrected chi connectivity index (χ1v) is 39.2. The number of H-pyrrole nitrogens is 1. The van der Waals surface area contributed by atoms with E-state index in [1.165, 1.54) is 29.0 Å². The van der Waals surface area contributed by atoms with Crippen LogP contribution in [0.15, 0.2) is 181 Å². The third-order valence-corrected chi connectivity index (χ3v) is 22.8. The number of ether oxygens (including phenoxy) is 3. The molecule has 0 radical (unpaired) electrons. The highest BCUT2D eigenvalue weighted by Gasteiger charge is 2.19. The molecule has 0 fully saturated rings. The highest BCUT2D eigenvalue weighted by molar-refractivity contribution is 7.21. The van der Waals surface area contributed by atoms with Crippen LogP contribution in [0.25, 0.3) is 95.1 Å². The number of thiazole rings is 2. The lowest BCUT2D eigenvalue weighted by Crippen LogP contribution is -2.28. The first-order valence-electron chi connectivity index (χ1n) is 35.1. The third-order valence-electron chi connectivity index (χ3n) is 17.5. The lowest BCUT2D eigenvalue weighted by atomic mass is 10.1. The second-order valence-corrected chi connectivity index (χ2v) is 30.7. The molecule has 25 nitrogen and oxygen atoms in total. The zero-order valence-corrected chi connectivity index (χ0v) is 64.9. The van der Waals surface area contributed by atoms with E-state index in [9.17, 15) is 9.59 Å². The molecule has 0 saturated carbocycles. The van der Waals surface area contributed by atoms with Crippen LogP contribution in [0.2, 0.25) is 0 Å². The molecule has 9 heterocycles. The number of nitrogens with zero attached hydrogens (tertiary/aromatic N) is 13. The minimum atomic E-state index is -0.481. The lowest BCUT2D eigenvalue weighted by molar-refractivity contribution is 0.112. The van der Waals surface area contributed by atoms with Crippen molar-refractivity contribution in [1.29, 1.82) is 0 Å². The number of anilines is 5. The number of nitrogens with two attached hydrogens (primary N) is 3. The predicted octanol–water partition coefficient (Wildman–Crippen LogP) is 16.0. The van der Waals surface area contributed by atoms with E-state index in [4.69, 9.17) is 54.8 Å². The van der Waals surface area contributed by atoms with Gasteiger partial charge in [0.2, 0.25) is 35.1 Å². The van der Waals surface area contributed by atoms with Crippen molar-refractivity contribution in [1.82, 2.24) is 45.2 Å². The number of likely N-dealkylation sites (N-methyl/N-ethyl adjacent to an activating group) is 3. The van der Waals surface area contributed by atoms with Crippen LogP contribution in [0.5, 0.6) is 11.8 Å². The van der Waals surface area contributed by atoms with E-state index >= 15 is 0 Å². The van der Waals surface area contributed by atoms with Gasteiger partial charge in [-0.15, -0.1) is 56.7 Å². The van der Waals surface area contributed by atoms with Crippen LogP contribution < -0.4 is 46.7 Å². The molecule has 0 atom stereocenters. The molecule has 0 aliphatic carbocycles. The van der Waals surface area contributed by atoms with Crippen molar-refractivity contribution < 1.29 is 34.0 Å². The Bertz CT molecular complexity index is 5970. The number of imidazole rings is 1. The van der Waals surface area contributed by atoms with Crippen LogP contribution in [0.3, 0.4) is 0 Å². The van der Waals surface area contributed by atoms with E-state index in [0.29, 0.717) is 92.4 Å². The van der Waals surface area contributed by atoms with E-state index in [1.807, 2.05) is 175 Å². The van der Waals surface area contributed by atoms with Crippen LogP contribution in [-0.4, -0.2) is 129 Å². The third kappa shape index (κ3) is 19.5. The predicted molar refractivity (Wildman–Crippen MR) is 455 cm³/mol. The summed E-state index contributed by atoms with van der Waals surface area (Å²) in [4.78, 5) is 76.3. The molecule has 8 aromatic heterocycles. The number of alkyl carbamates (subject to hydrolysis) is 1. The Morgan fingerprint density at radius 2 is 1.05 bits per heavy atom. The van der Waals surface area contributed by atoms with E-state index in [1.54, 1.807) is 40.2 Å². The van der Waals surface area contributed by atoms with Gasteiger partial charge in [-0.3, -0.25) is 9.79 Å². The molecule has 1 aliphatic heterocycles. The van der Waals surface area contributed by atoms with E-state index in [-0.39, 0.29) is 31.7 Å². The average molecular weight is 1580 g/mol. The second-order valence-electron chi connectivity index (χ2n) is 25.3. The number of aliphatic hydroxyl groups excluding tert-OH is 2. The van der Waals surface area contributed by atoms with Gasteiger partial charge in [-0.1, -0.05) is 91.0 Å². The molecule has 0 saturated heterocycles. The number of aliphatic hydroxyl groups is 2. The number of amides is 1. The van der Waals surface area contributed by atoms with Crippen LogP contribution in [0.4, 0.5) is 39.4 Å². The normalized spacial score (nSPS) is 11.6. The number of hydrogen-bond donors (Lipinski definition) is 7. The number of carbonyl (C=O) groups excluding carboxylic acids is 2. The number of aromatic nitrogens is 8. The van der Waals surface area contributed by atoms with Crippen LogP contribution in [0, 0.1) is 13.1 Å². The average Bonchev–Trinajstić information content (AvgIpc) is 1.67. The molecule has 112 heavy (non-hydrogen) atoms. The molecule has 0 spiro atoms. The summed E-state index contributed by atoms with van der Waals surface area (Å²) in [5.74, 6) is 1.07. The zero-order valence-electron chi connectivity index (χ0n) is 60.9. The van der Waals surface area contributed by atoms with E-state index in [0.717, 1.165) is 127 Å². The molecule has 0 unspecified atom stereocenters. The monoisotopic (exact) mass is 1580 g/mol. The summed E-state index contributed by atoms with van der Waals surface area (Å²) in [5.41, 5.74) is 29.5. The number of rotatable bonds is 24. The quantitative estimate of drug-likeness (QED) is 0.0218. The highest BCUT2D eigenvalue weighted by atomic mass is 32.1. The van der Waals surface area contributed by atoms with E-state index in [2.05, 4.69) is 102 Å². The molecule has 1 aliphatic rings. The van der Waals surface area contributed by atoms with Gasteiger partial charge >= 0.3 is 6.09 Å². The summed E-state index contributed by atoms with van der Waals surface area (Å²) >= 11 is 7.86. The Labute approximate surface area is 663 Å². The van der Waals surface area contributed by atoms with Gasteiger partial charge in [-0.05, 0) is 129 Å². The molecule has 15 aromatic rings. The Hall–Kier alpha value is -12.6. The van der Waals surface area contributed by atoms with Gasteiger partial charge < -0.3 is 66.6 Å². The summed E-state index contributed by atoms with van der Waals surface area (Å²) in [6, 6.07) is 56.1. The molecule has 7 aromatic carbocycles. The minimum absolute atomic E-state index is 0.128. The number of benzene rings is 7. The smallest absolute Gasteiger partial charge is 0.407 e. The molecule has 0 bridgehead atoms. The van der Waals surface area contributed by atoms with Crippen LogP contribution >= 0.6 is 56.7 Å². The van der Waals surface area contributed by atoms with Gasteiger partial charge in [0.25, 0.3) is 0 Å². The van der Waals surface area contributed by atoms with Gasteiger partial charge in [-0.25, -0.2) is 34.4 Å². The molecule has 30 heteroatoms. The maximum Gasteiger partial charge on any atom is 0.407 e. The van der Waals surface area contributed by atoms with Gasteiger partial charge in [0, 0.05) is 101 Å². The fourth-order valence-electron chi connectivity index (χ4n) is 11.6. The van der Waals surface area contributed by atoms with Crippen molar-refractivity contribution in [3.8, 4) is 11.8 Å². The first kappa shape index (κ1) is 77.5. The van der Waals surface area contributed by atoms with Crippen molar-refractivity contribution in [3.05, 3.63) is 252 Å². The largest absolute Gasteiger partial charge is 0.471 e. The number of carbonyl (C=O) groups is 2. The van der Waals surface area contributed by atoms with Crippen molar-refractivity contribution in [2.45, 2.75) is 32.7 Å². The SMILES string of the molecule is CN(CCO)c1ccc2cc(C=O)sc2c1.NCc1ccc(COc2nc(N)nc3nc[nH]c23)cc1.[C-]#[N+]/C(=C\c1cc2ccc(N(C)CCO)cc2s1)c1nc2ccccc2s1.[C-]#[N+]/C(=C\c1cc2ccc(N(C)CCOC(=O)NCc3ccc(COc4nc(N)nc5c4N=CC5)cc3)cc2s1)c1nc2ccccc2s1. The Kier molecular flexibility index (Phi) is 25.4. The second kappa shape index (κ2) is 36.7. The highest BCUT2D eigenvalue weighted by Crippen LogP contribution is 2.38. The standard InChI is InChI=1S/C36H30N8O3S2.C21H17N3OS2.C13H14N6O.C12H13NO2S/c1-38-29(34-41-27-5-3-4-6-30(27)49-34)19-26-17-24-11-12-25(18-31(24)48-26)44(2)15-16-46-36(45)40-20-22-7-9-23(10-8-22)21-47-33-32-28(13-14-39-32)42-35(37)43-33;1-22-18(21-23-17-5-3-4-6-19(17)27-21)13-16-11-14-7-8-15(12-20(14)26-16)24(2)9-10-25;14-5-8-1-3-9(4-2-8)6-20-12-10-11(17-7-16-10)18-13(15)19-12;1-13(4-5-14)10-3-2-9-6-11(8-15)16-12(9)7-10/h3-12,14,17-19H,13,15-16,20-21H2,2H3,(H,40,45)(H2,37,42,43);3-8,11-13,25H,9-10H2,2H3;1-4,7H,5-6,14H2,(H3,15,16,17,18,19);2-3,6-8,14H,4-5H2,1H3/b29-19-;18-13-;;. The van der Waals surface area contributed by atoms with Gasteiger partial charge in [-0.2, -0.15) is 15.0 Å².